The number of aliphatic hydroxyl groups is 2. The van der Waals surface area contributed by atoms with Crippen LogP contribution in [0.1, 0.15) is 29.2 Å². The first-order valence-corrected chi connectivity index (χ1v) is 10.2. The van der Waals surface area contributed by atoms with Gasteiger partial charge >= 0.3 is 0 Å². The number of benzene rings is 1. The Morgan fingerprint density at radius 3 is 2.84 bits per heavy atom. The van der Waals surface area contributed by atoms with Crippen LogP contribution in [0.2, 0.25) is 0 Å². The van der Waals surface area contributed by atoms with Crippen molar-refractivity contribution >= 4 is 16.9 Å². The number of hydrogen-bond acceptors (Lipinski definition) is 7. The van der Waals surface area contributed by atoms with Crippen molar-refractivity contribution in [3.05, 3.63) is 46.9 Å². The van der Waals surface area contributed by atoms with Gasteiger partial charge in [-0.1, -0.05) is 0 Å². The van der Waals surface area contributed by atoms with E-state index in [2.05, 4.69) is 15.3 Å². The van der Waals surface area contributed by atoms with Crippen molar-refractivity contribution < 1.29 is 23.7 Å². The number of nitrogens with two attached hydrogens (primary N) is 1. The van der Waals surface area contributed by atoms with Crippen LogP contribution in [0.15, 0.2) is 18.6 Å². The molecule has 2 aliphatic rings. The van der Waals surface area contributed by atoms with Crippen molar-refractivity contribution in [2.75, 3.05) is 12.3 Å². The molecule has 0 unspecified atom stereocenters. The van der Waals surface area contributed by atoms with Crippen LogP contribution in [0.4, 0.5) is 14.6 Å². The van der Waals surface area contributed by atoms with E-state index in [4.69, 9.17) is 10.5 Å². The van der Waals surface area contributed by atoms with Crippen LogP contribution in [0.5, 0.6) is 5.75 Å². The van der Waals surface area contributed by atoms with E-state index in [0.717, 1.165) is 5.56 Å². The maximum atomic E-state index is 14.5. The van der Waals surface area contributed by atoms with Crippen molar-refractivity contribution in [1.29, 1.82) is 0 Å². The number of anilines is 1. The molecule has 1 fully saturated rings. The lowest BCUT2D eigenvalue weighted by molar-refractivity contribution is -0.0167. The topological polar surface area (TPSA) is 118 Å². The van der Waals surface area contributed by atoms with Gasteiger partial charge in [0.15, 0.2) is 5.82 Å². The summed E-state index contributed by atoms with van der Waals surface area (Å²) in [5.41, 5.74) is 7.81. The minimum atomic E-state index is -1.22. The first kappa shape index (κ1) is 20.1. The number of nitrogens with zero attached hydrogens (tertiary/aromatic N) is 3. The third-order valence-corrected chi connectivity index (χ3v) is 6.30. The molecule has 5 N–H and O–H groups in total. The maximum Gasteiger partial charge on any atom is 0.154 e. The van der Waals surface area contributed by atoms with E-state index in [0.29, 0.717) is 36.4 Å². The highest BCUT2D eigenvalue weighted by molar-refractivity contribution is 5.86. The van der Waals surface area contributed by atoms with Crippen molar-refractivity contribution in [2.24, 2.45) is 0 Å². The van der Waals surface area contributed by atoms with Crippen LogP contribution in [-0.2, 0) is 13.0 Å². The average Bonchev–Trinajstić information content (AvgIpc) is 3.24. The van der Waals surface area contributed by atoms with Gasteiger partial charge in [0.1, 0.15) is 47.7 Å². The molecule has 0 bridgehead atoms. The molecule has 1 aliphatic carbocycles. The molecule has 0 radical (unpaired) electrons. The molecule has 164 valence electrons. The van der Waals surface area contributed by atoms with Gasteiger partial charge in [0.25, 0.3) is 0 Å². The first-order valence-electron chi connectivity index (χ1n) is 10.2. The third-order valence-electron chi connectivity index (χ3n) is 6.30. The van der Waals surface area contributed by atoms with Crippen LogP contribution in [-0.4, -0.2) is 49.6 Å². The zero-order valence-corrected chi connectivity index (χ0v) is 16.8. The summed E-state index contributed by atoms with van der Waals surface area (Å²) in [6.07, 6.45) is -0.0296. The summed E-state index contributed by atoms with van der Waals surface area (Å²) in [6, 6.07) is 0.934. The van der Waals surface area contributed by atoms with E-state index in [1.54, 1.807) is 13.0 Å². The van der Waals surface area contributed by atoms with E-state index in [-0.39, 0.29) is 29.1 Å². The summed E-state index contributed by atoms with van der Waals surface area (Å²) in [5.74, 6) is -0.357. The molecule has 5 rings (SSSR count). The van der Waals surface area contributed by atoms with Crippen LogP contribution < -0.4 is 15.8 Å². The highest BCUT2D eigenvalue weighted by atomic mass is 19.1. The number of halogens is 2. The molecule has 2 aromatic heterocycles. The molecule has 31 heavy (non-hydrogen) atoms. The Hall–Kier alpha value is -2.82. The summed E-state index contributed by atoms with van der Waals surface area (Å²) >= 11 is 0. The molecule has 8 nitrogen and oxygen atoms in total. The number of aromatic nitrogens is 3. The number of aliphatic hydroxyl groups excluding tert-OH is 2. The second kappa shape index (κ2) is 7.40. The Bertz CT molecular complexity index is 1170. The predicted octanol–water partition coefficient (Wildman–Crippen LogP) is 1.36. The first-order chi connectivity index (χ1) is 14.9. The monoisotopic (exact) mass is 431 g/mol. The van der Waals surface area contributed by atoms with Gasteiger partial charge in [-0.3, -0.25) is 0 Å². The van der Waals surface area contributed by atoms with Crippen molar-refractivity contribution in [3.8, 4) is 5.75 Å². The number of aryl methyl sites for hydroxylation is 1. The summed E-state index contributed by atoms with van der Waals surface area (Å²) < 4.78 is 36.6. The summed E-state index contributed by atoms with van der Waals surface area (Å²) in [5, 5.41) is 24.7. The van der Waals surface area contributed by atoms with Crippen LogP contribution >= 0.6 is 0 Å². The van der Waals surface area contributed by atoms with Crippen molar-refractivity contribution in [3.63, 3.8) is 0 Å². The Labute approximate surface area is 176 Å². The average molecular weight is 431 g/mol. The number of rotatable bonds is 3. The van der Waals surface area contributed by atoms with Gasteiger partial charge in [0, 0.05) is 24.7 Å². The van der Waals surface area contributed by atoms with E-state index >= 15 is 0 Å². The van der Waals surface area contributed by atoms with Gasteiger partial charge in [0.2, 0.25) is 0 Å². The number of nitrogens with one attached hydrogen (secondary N) is 1. The van der Waals surface area contributed by atoms with Crippen LogP contribution in [0.25, 0.3) is 11.0 Å². The molecule has 10 heteroatoms. The Kier molecular flexibility index (Phi) is 4.80. The van der Waals surface area contributed by atoms with Crippen LogP contribution in [0.3, 0.4) is 0 Å². The summed E-state index contributed by atoms with van der Waals surface area (Å²) in [7, 11) is 0. The van der Waals surface area contributed by atoms with Gasteiger partial charge in [-0.15, -0.1) is 0 Å². The zero-order valence-electron chi connectivity index (χ0n) is 16.8. The summed E-state index contributed by atoms with van der Waals surface area (Å²) in [6.45, 7) is 2.81. The van der Waals surface area contributed by atoms with E-state index in [1.807, 2.05) is 0 Å². The molecule has 3 aromatic rings. The molecule has 0 saturated heterocycles. The fraction of sp³-hybridized carbons (Fsp3) is 0.429. The molecule has 0 amide bonds. The lowest BCUT2D eigenvalue weighted by Crippen LogP contribution is -2.35. The minimum absolute atomic E-state index is 0.00278. The summed E-state index contributed by atoms with van der Waals surface area (Å²) in [4.78, 5) is 7.91. The third kappa shape index (κ3) is 3.13. The number of nitrogen functional groups attached to an aromatic ring is 1. The number of ether oxygens (including phenoxy) is 1. The molecule has 4 atom stereocenters. The highest BCUT2D eigenvalue weighted by Crippen LogP contribution is 2.39. The van der Waals surface area contributed by atoms with Gasteiger partial charge < -0.3 is 30.6 Å². The largest absolute Gasteiger partial charge is 0.487 e. The second-order valence-corrected chi connectivity index (χ2v) is 8.17. The zero-order chi connectivity index (χ0) is 21.9. The van der Waals surface area contributed by atoms with Gasteiger partial charge in [-0.2, -0.15) is 0 Å². The molecule has 1 saturated carbocycles. The quantitative estimate of drug-likeness (QED) is 0.495. The van der Waals surface area contributed by atoms with E-state index in [1.165, 1.54) is 17.1 Å². The Morgan fingerprint density at radius 1 is 1.23 bits per heavy atom. The van der Waals surface area contributed by atoms with Gasteiger partial charge in [0.05, 0.1) is 11.4 Å². The highest BCUT2D eigenvalue weighted by Gasteiger charge is 2.45. The van der Waals surface area contributed by atoms with Crippen LogP contribution in [0, 0.1) is 18.6 Å². The molecule has 1 aliphatic heterocycles. The van der Waals surface area contributed by atoms with E-state index < -0.39 is 30.2 Å². The molecular formula is C21H23F2N5O3. The van der Waals surface area contributed by atoms with Crippen molar-refractivity contribution in [2.45, 2.75) is 50.7 Å². The maximum absolute atomic E-state index is 14.5. The second-order valence-electron chi connectivity index (χ2n) is 8.17. The fourth-order valence-corrected chi connectivity index (χ4v) is 4.69. The van der Waals surface area contributed by atoms with E-state index in [9.17, 15) is 19.0 Å². The Morgan fingerprint density at radius 2 is 2.03 bits per heavy atom. The standard InChI is InChI=1S/C21H23F2N5O3/c1-9-4-14(11-6-25-3-2-10(11)17(9)23)31-15-5-13(18(29)19(15)30)28-7-12(22)16-20(24)26-8-27-21(16)28/h4,7-8,13,15,18-19,25,29-30H,2-3,5-6H2,1H3,(H2,24,26,27)/t13-,15+,18+,19-/m1/s1. The SMILES string of the molecule is Cc1cc(O[C@H]2C[C@@H](n3cc(F)c4c(N)ncnc43)[C@H](O)[C@@H]2O)c2c(c1F)CCNC2. The molecular weight excluding hydrogens is 408 g/mol. The normalized spacial score (nSPS) is 25.7. The lowest BCUT2D eigenvalue weighted by atomic mass is 9.96. The minimum Gasteiger partial charge on any atom is -0.487 e. The smallest absolute Gasteiger partial charge is 0.154 e. The predicted molar refractivity (Wildman–Crippen MR) is 109 cm³/mol. The van der Waals surface area contributed by atoms with Crippen molar-refractivity contribution in [1.82, 2.24) is 19.9 Å². The van der Waals surface area contributed by atoms with Gasteiger partial charge in [-0.25, -0.2) is 18.7 Å². The lowest BCUT2D eigenvalue weighted by Gasteiger charge is -2.25. The number of fused-ring (bicyclic) bond motifs is 2. The fourth-order valence-electron chi connectivity index (χ4n) is 4.69. The molecule has 3 heterocycles. The number of hydrogen-bond donors (Lipinski definition) is 4. The Balaban J connectivity index is 1.48. The molecule has 1 aromatic carbocycles. The molecule has 0 spiro atoms. The van der Waals surface area contributed by atoms with Gasteiger partial charge in [-0.05, 0) is 37.1 Å².